The number of aliphatic hydroxyl groups is 3. The Morgan fingerprint density at radius 3 is 2.52 bits per heavy atom. The van der Waals surface area contributed by atoms with E-state index in [1.165, 1.54) is 0 Å². The SMILES string of the molecule is OC[C@@H]1O[C@H](n2c(Br)nc3cc(Cl)c(Cl)cc32)[C@@H](O)[C@H]1O. The Morgan fingerprint density at radius 2 is 1.90 bits per heavy atom. The molecule has 0 aliphatic carbocycles. The Bertz CT molecular complexity index is 695. The van der Waals surface area contributed by atoms with E-state index in [0.717, 1.165) is 0 Å². The first-order chi connectivity index (χ1) is 9.93. The Labute approximate surface area is 138 Å². The molecule has 3 rings (SSSR count). The van der Waals surface area contributed by atoms with Gasteiger partial charge in [-0.25, -0.2) is 4.98 Å². The van der Waals surface area contributed by atoms with Crippen LogP contribution >= 0.6 is 39.1 Å². The highest BCUT2D eigenvalue weighted by Gasteiger charge is 2.44. The van der Waals surface area contributed by atoms with E-state index in [4.69, 9.17) is 33.0 Å². The van der Waals surface area contributed by atoms with Crippen LogP contribution in [0.3, 0.4) is 0 Å². The lowest BCUT2D eigenvalue weighted by Gasteiger charge is -2.18. The molecular weight excluding hydrogens is 387 g/mol. The minimum Gasteiger partial charge on any atom is -0.394 e. The molecule has 0 saturated carbocycles. The van der Waals surface area contributed by atoms with Crippen molar-refractivity contribution < 1.29 is 20.1 Å². The van der Waals surface area contributed by atoms with E-state index in [-0.39, 0.29) is 0 Å². The van der Waals surface area contributed by atoms with Crippen molar-refractivity contribution in [3.05, 3.63) is 26.9 Å². The quantitative estimate of drug-likeness (QED) is 0.718. The second kappa shape index (κ2) is 5.66. The van der Waals surface area contributed by atoms with Gasteiger partial charge >= 0.3 is 0 Å². The molecule has 0 amide bonds. The molecule has 9 heteroatoms. The van der Waals surface area contributed by atoms with Gasteiger partial charge in [0.1, 0.15) is 18.3 Å². The third-order valence-corrected chi connectivity index (χ3v) is 4.74. The maximum atomic E-state index is 10.1. The Balaban J connectivity index is 2.12. The Morgan fingerprint density at radius 1 is 1.24 bits per heavy atom. The fourth-order valence-corrected chi connectivity index (χ4v) is 3.30. The van der Waals surface area contributed by atoms with Crippen molar-refractivity contribution in [3.63, 3.8) is 0 Å². The highest BCUT2D eigenvalue weighted by atomic mass is 79.9. The summed E-state index contributed by atoms with van der Waals surface area (Å²) in [5.41, 5.74) is 1.15. The van der Waals surface area contributed by atoms with E-state index in [2.05, 4.69) is 20.9 Å². The lowest BCUT2D eigenvalue weighted by molar-refractivity contribution is -0.0518. The highest BCUT2D eigenvalue weighted by Crippen LogP contribution is 2.37. The normalized spacial score (nSPS) is 29.4. The standard InChI is InChI=1S/C12H11BrCl2N2O4/c13-12-16-6-1-4(14)5(15)2-7(6)17(12)11-10(20)9(19)8(3-18)21-11/h1-2,8-11,18-20H,3H2/t8-,9-,10-,11-/m0/s1. The molecule has 4 atom stereocenters. The van der Waals surface area contributed by atoms with E-state index in [1.807, 2.05) is 0 Å². The molecule has 1 aromatic carbocycles. The lowest BCUT2D eigenvalue weighted by Crippen LogP contribution is -2.33. The molecule has 0 radical (unpaired) electrons. The molecule has 6 nitrogen and oxygen atoms in total. The monoisotopic (exact) mass is 396 g/mol. The predicted molar refractivity (Wildman–Crippen MR) is 80.5 cm³/mol. The summed E-state index contributed by atoms with van der Waals surface area (Å²) in [5, 5.41) is 29.8. The summed E-state index contributed by atoms with van der Waals surface area (Å²) < 4.78 is 7.46. The summed E-state index contributed by atoms with van der Waals surface area (Å²) >= 11 is 15.3. The maximum absolute atomic E-state index is 10.1. The first-order valence-electron chi connectivity index (χ1n) is 6.09. The number of nitrogens with zero attached hydrogens (tertiary/aromatic N) is 2. The van der Waals surface area contributed by atoms with Gasteiger partial charge in [-0.15, -0.1) is 0 Å². The number of fused-ring (bicyclic) bond motifs is 1. The zero-order valence-corrected chi connectivity index (χ0v) is 13.5. The number of aliphatic hydroxyl groups excluding tert-OH is 3. The van der Waals surface area contributed by atoms with Gasteiger partial charge in [-0.05, 0) is 28.1 Å². The van der Waals surface area contributed by atoms with Gasteiger partial charge in [-0.3, -0.25) is 4.57 Å². The molecule has 1 aromatic heterocycles. The molecule has 2 aromatic rings. The van der Waals surface area contributed by atoms with Gasteiger partial charge in [0.2, 0.25) is 0 Å². The zero-order chi connectivity index (χ0) is 15.3. The number of aromatic nitrogens is 2. The van der Waals surface area contributed by atoms with Crippen molar-refractivity contribution in [3.8, 4) is 0 Å². The number of hydrogen-bond donors (Lipinski definition) is 3. The van der Waals surface area contributed by atoms with Crippen LogP contribution in [0.2, 0.25) is 10.0 Å². The van der Waals surface area contributed by atoms with Gasteiger partial charge in [0.15, 0.2) is 11.0 Å². The summed E-state index contributed by atoms with van der Waals surface area (Å²) in [5.74, 6) is 0. The summed E-state index contributed by atoms with van der Waals surface area (Å²) in [6, 6.07) is 3.20. The van der Waals surface area contributed by atoms with Gasteiger partial charge in [-0.2, -0.15) is 0 Å². The molecule has 3 N–H and O–H groups in total. The van der Waals surface area contributed by atoms with Crippen molar-refractivity contribution in [1.29, 1.82) is 0 Å². The zero-order valence-electron chi connectivity index (χ0n) is 10.4. The van der Waals surface area contributed by atoms with Gasteiger partial charge < -0.3 is 20.1 Å². The fraction of sp³-hybridized carbons (Fsp3) is 0.417. The average Bonchev–Trinajstić information content (AvgIpc) is 2.89. The summed E-state index contributed by atoms with van der Waals surface area (Å²) in [6.07, 6.45) is -4.15. The molecule has 1 aliphatic heterocycles. The minimum absolute atomic E-state index is 0.338. The second-order valence-corrected chi connectivity index (χ2v) is 6.26. The van der Waals surface area contributed by atoms with Crippen LogP contribution in [0.15, 0.2) is 16.9 Å². The third kappa shape index (κ3) is 2.46. The highest BCUT2D eigenvalue weighted by molar-refractivity contribution is 9.10. The summed E-state index contributed by atoms with van der Waals surface area (Å²) in [7, 11) is 0. The minimum atomic E-state index is -1.20. The van der Waals surface area contributed by atoms with Crippen LogP contribution in [0, 0.1) is 0 Å². The van der Waals surface area contributed by atoms with Crippen molar-refractivity contribution in [1.82, 2.24) is 9.55 Å². The number of benzene rings is 1. The first-order valence-corrected chi connectivity index (χ1v) is 7.64. The van der Waals surface area contributed by atoms with Crippen LogP contribution in [0.4, 0.5) is 0 Å². The molecular formula is C12H11BrCl2N2O4. The van der Waals surface area contributed by atoms with Gasteiger partial charge in [-0.1, -0.05) is 23.2 Å². The number of halogens is 3. The van der Waals surface area contributed by atoms with Crippen molar-refractivity contribution in [2.24, 2.45) is 0 Å². The van der Waals surface area contributed by atoms with Gasteiger partial charge in [0, 0.05) is 0 Å². The fourth-order valence-electron chi connectivity index (χ4n) is 2.40. The number of imidazole rings is 1. The van der Waals surface area contributed by atoms with Gasteiger partial charge in [0.25, 0.3) is 0 Å². The van der Waals surface area contributed by atoms with E-state index in [1.54, 1.807) is 16.7 Å². The summed E-state index contributed by atoms with van der Waals surface area (Å²) in [6.45, 7) is -0.397. The van der Waals surface area contributed by atoms with Gasteiger partial charge in [0.05, 0.1) is 27.7 Å². The molecule has 21 heavy (non-hydrogen) atoms. The van der Waals surface area contributed by atoms with E-state index >= 15 is 0 Å². The van der Waals surface area contributed by atoms with Crippen LogP contribution in [0.1, 0.15) is 6.23 Å². The number of rotatable bonds is 2. The van der Waals surface area contributed by atoms with Crippen molar-refractivity contribution >= 4 is 50.2 Å². The molecule has 0 spiro atoms. The lowest BCUT2D eigenvalue weighted by atomic mass is 10.1. The largest absolute Gasteiger partial charge is 0.394 e. The molecule has 1 saturated heterocycles. The molecule has 2 heterocycles. The molecule has 1 aliphatic rings. The topological polar surface area (TPSA) is 87.7 Å². The number of hydrogen-bond acceptors (Lipinski definition) is 5. The van der Waals surface area contributed by atoms with E-state index < -0.39 is 31.1 Å². The molecule has 0 bridgehead atoms. The third-order valence-electron chi connectivity index (χ3n) is 3.46. The Kier molecular flexibility index (Phi) is 4.17. The molecule has 1 fully saturated rings. The van der Waals surface area contributed by atoms with Crippen LogP contribution in [0.5, 0.6) is 0 Å². The maximum Gasteiger partial charge on any atom is 0.180 e. The predicted octanol–water partition coefficient (Wildman–Crippen LogP) is 1.72. The molecule has 0 unspecified atom stereocenters. The smallest absolute Gasteiger partial charge is 0.180 e. The van der Waals surface area contributed by atoms with Crippen LogP contribution in [-0.2, 0) is 4.74 Å². The van der Waals surface area contributed by atoms with Crippen LogP contribution in [-0.4, -0.2) is 49.8 Å². The first kappa shape index (κ1) is 15.5. The Hall–Kier alpha value is -0.410. The summed E-state index contributed by atoms with van der Waals surface area (Å²) in [4.78, 5) is 4.27. The van der Waals surface area contributed by atoms with E-state index in [0.29, 0.717) is 25.8 Å². The van der Waals surface area contributed by atoms with Crippen LogP contribution in [0.25, 0.3) is 11.0 Å². The molecule has 114 valence electrons. The average molecular weight is 398 g/mol. The van der Waals surface area contributed by atoms with Crippen LogP contribution < -0.4 is 0 Å². The van der Waals surface area contributed by atoms with Crippen molar-refractivity contribution in [2.75, 3.05) is 6.61 Å². The van der Waals surface area contributed by atoms with E-state index in [9.17, 15) is 10.2 Å². The second-order valence-electron chi connectivity index (χ2n) is 4.73. The number of ether oxygens (including phenoxy) is 1. The van der Waals surface area contributed by atoms with Crippen molar-refractivity contribution in [2.45, 2.75) is 24.5 Å².